The quantitative estimate of drug-likeness (QED) is 0.720. The van der Waals surface area contributed by atoms with E-state index < -0.39 is 15.8 Å². The number of carbonyl (C=O) groups excluding carboxylic acids is 2. The average molecular weight is 474 g/mol. The molecule has 0 bridgehead atoms. The molecule has 0 atom stereocenters. The summed E-state index contributed by atoms with van der Waals surface area (Å²) < 4.78 is 40.4. The highest BCUT2D eigenvalue weighted by atomic mass is 32.2. The molecular formula is C24H28FN3O4S. The van der Waals surface area contributed by atoms with Crippen LogP contribution in [0.3, 0.4) is 0 Å². The van der Waals surface area contributed by atoms with Crippen molar-refractivity contribution in [3.8, 4) is 0 Å². The third kappa shape index (κ3) is 5.42. The Morgan fingerprint density at radius 3 is 2.21 bits per heavy atom. The van der Waals surface area contributed by atoms with Crippen LogP contribution in [0.1, 0.15) is 42.5 Å². The van der Waals surface area contributed by atoms with Crippen molar-refractivity contribution in [3.05, 3.63) is 59.9 Å². The van der Waals surface area contributed by atoms with Gasteiger partial charge in [0.15, 0.2) is 0 Å². The Morgan fingerprint density at radius 2 is 1.58 bits per heavy atom. The van der Waals surface area contributed by atoms with Gasteiger partial charge in [-0.05, 0) is 68.1 Å². The lowest BCUT2D eigenvalue weighted by Gasteiger charge is -2.31. The molecule has 0 radical (unpaired) electrons. The highest BCUT2D eigenvalue weighted by Crippen LogP contribution is 2.24. The van der Waals surface area contributed by atoms with Crippen molar-refractivity contribution < 1.29 is 22.4 Å². The monoisotopic (exact) mass is 473 g/mol. The minimum absolute atomic E-state index is 0.153. The van der Waals surface area contributed by atoms with E-state index in [1.807, 2.05) is 0 Å². The molecule has 2 aliphatic rings. The summed E-state index contributed by atoms with van der Waals surface area (Å²) in [4.78, 5) is 27.1. The Bertz CT molecular complexity index is 1110. The molecule has 1 N–H and O–H groups in total. The Labute approximate surface area is 193 Å². The molecule has 176 valence electrons. The van der Waals surface area contributed by atoms with Crippen LogP contribution in [0.4, 0.5) is 10.1 Å². The summed E-state index contributed by atoms with van der Waals surface area (Å²) in [6, 6.07) is 11.9. The van der Waals surface area contributed by atoms with Crippen molar-refractivity contribution in [2.75, 3.05) is 31.5 Å². The van der Waals surface area contributed by atoms with E-state index in [9.17, 15) is 22.4 Å². The molecule has 2 amide bonds. The van der Waals surface area contributed by atoms with Gasteiger partial charge in [-0.25, -0.2) is 12.8 Å². The molecule has 0 spiro atoms. The Morgan fingerprint density at radius 1 is 0.909 bits per heavy atom. The van der Waals surface area contributed by atoms with Gasteiger partial charge in [-0.3, -0.25) is 9.59 Å². The number of halogens is 1. The lowest BCUT2D eigenvalue weighted by atomic mass is 9.95. The fourth-order valence-corrected chi connectivity index (χ4v) is 5.87. The number of likely N-dealkylation sites (tertiary alicyclic amines) is 1. The molecule has 9 heteroatoms. The minimum Gasteiger partial charge on any atom is -0.339 e. The van der Waals surface area contributed by atoms with Gasteiger partial charge in [0, 0.05) is 43.3 Å². The number of nitrogens with one attached hydrogen (secondary N) is 1. The number of amides is 2. The second-order valence-corrected chi connectivity index (χ2v) is 10.5. The van der Waals surface area contributed by atoms with E-state index in [2.05, 4.69) is 5.32 Å². The molecule has 2 aliphatic heterocycles. The molecule has 0 unspecified atom stereocenters. The molecule has 0 aliphatic carbocycles. The topological polar surface area (TPSA) is 86.8 Å². The SMILES string of the molecule is O=C(Nc1ccc(S(=O)(=O)N2CCCCC2)cc1)C1CCN(C(=O)c2cccc(F)c2)CC1. The molecule has 33 heavy (non-hydrogen) atoms. The Hall–Kier alpha value is -2.78. The van der Waals surface area contributed by atoms with Crippen molar-refractivity contribution in [2.24, 2.45) is 5.92 Å². The summed E-state index contributed by atoms with van der Waals surface area (Å²) in [5.74, 6) is -1.10. The van der Waals surface area contributed by atoms with Crippen LogP contribution in [0.5, 0.6) is 0 Å². The van der Waals surface area contributed by atoms with E-state index in [4.69, 9.17) is 0 Å². The number of rotatable bonds is 5. The normalized spacial score (nSPS) is 18.2. The van der Waals surface area contributed by atoms with Crippen molar-refractivity contribution in [1.29, 1.82) is 0 Å². The first-order chi connectivity index (χ1) is 15.8. The zero-order valence-electron chi connectivity index (χ0n) is 18.4. The summed E-state index contributed by atoms with van der Waals surface area (Å²) in [6.45, 7) is 1.92. The van der Waals surface area contributed by atoms with Gasteiger partial charge in [-0.1, -0.05) is 12.5 Å². The molecule has 2 fully saturated rings. The number of benzene rings is 2. The highest BCUT2D eigenvalue weighted by Gasteiger charge is 2.29. The summed E-state index contributed by atoms with van der Waals surface area (Å²) in [6.07, 6.45) is 3.82. The number of carbonyl (C=O) groups is 2. The molecule has 7 nitrogen and oxygen atoms in total. The summed E-state index contributed by atoms with van der Waals surface area (Å²) in [5, 5.41) is 2.85. The molecule has 2 aromatic carbocycles. The smallest absolute Gasteiger partial charge is 0.253 e. The van der Waals surface area contributed by atoms with Gasteiger partial charge in [0.2, 0.25) is 15.9 Å². The van der Waals surface area contributed by atoms with Gasteiger partial charge in [0.05, 0.1) is 4.90 Å². The van der Waals surface area contributed by atoms with Crippen LogP contribution in [0.2, 0.25) is 0 Å². The molecule has 2 aromatic rings. The number of hydrogen-bond acceptors (Lipinski definition) is 4. The zero-order chi connectivity index (χ0) is 23.4. The first-order valence-corrected chi connectivity index (χ1v) is 12.7. The standard InChI is InChI=1S/C24H28FN3O4S/c25-20-6-4-5-19(17-20)24(30)27-15-11-18(12-16-27)23(29)26-21-7-9-22(10-8-21)33(31,32)28-13-2-1-3-14-28/h4-10,17-18H,1-3,11-16H2,(H,26,29). The highest BCUT2D eigenvalue weighted by molar-refractivity contribution is 7.89. The fraction of sp³-hybridized carbons (Fsp3) is 0.417. The van der Waals surface area contributed by atoms with Crippen LogP contribution >= 0.6 is 0 Å². The zero-order valence-corrected chi connectivity index (χ0v) is 19.2. The van der Waals surface area contributed by atoms with Gasteiger partial charge in [0.25, 0.3) is 5.91 Å². The van der Waals surface area contributed by atoms with Crippen molar-refractivity contribution >= 4 is 27.5 Å². The molecule has 2 saturated heterocycles. The van der Waals surface area contributed by atoms with E-state index in [1.54, 1.807) is 23.1 Å². The maximum absolute atomic E-state index is 13.4. The van der Waals surface area contributed by atoms with Crippen molar-refractivity contribution in [3.63, 3.8) is 0 Å². The summed E-state index contributed by atoms with van der Waals surface area (Å²) in [7, 11) is -3.51. The molecule has 4 rings (SSSR count). The minimum atomic E-state index is -3.51. The number of nitrogens with zero attached hydrogens (tertiary/aromatic N) is 2. The summed E-state index contributed by atoms with van der Waals surface area (Å²) in [5.41, 5.74) is 0.841. The first kappa shape index (κ1) is 23.4. The van der Waals surface area contributed by atoms with E-state index in [0.29, 0.717) is 50.3 Å². The maximum Gasteiger partial charge on any atom is 0.253 e. The van der Waals surface area contributed by atoms with Crippen LogP contribution in [-0.4, -0.2) is 55.6 Å². The first-order valence-electron chi connectivity index (χ1n) is 11.3. The Kier molecular flexibility index (Phi) is 7.09. The van der Waals surface area contributed by atoms with Crippen LogP contribution in [0, 0.1) is 11.7 Å². The Balaban J connectivity index is 1.31. The van der Waals surface area contributed by atoms with Crippen molar-refractivity contribution in [1.82, 2.24) is 9.21 Å². The van der Waals surface area contributed by atoms with Crippen LogP contribution in [0.15, 0.2) is 53.4 Å². The van der Waals surface area contributed by atoms with Crippen LogP contribution in [0.25, 0.3) is 0 Å². The maximum atomic E-state index is 13.4. The van der Waals surface area contributed by atoms with E-state index in [-0.39, 0.29) is 22.6 Å². The van der Waals surface area contributed by atoms with Crippen LogP contribution < -0.4 is 5.32 Å². The van der Waals surface area contributed by atoms with Crippen molar-refractivity contribution in [2.45, 2.75) is 37.0 Å². The lowest BCUT2D eigenvalue weighted by Crippen LogP contribution is -2.41. The molecule has 0 saturated carbocycles. The predicted molar refractivity (Wildman–Crippen MR) is 123 cm³/mol. The molecule has 2 heterocycles. The average Bonchev–Trinajstić information content (AvgIpc) is 2.84. The predicted octanol–water partition coefficient (Wildman–Crippen LogP) is 3.49. The number of hydrogen-bond donors (Lipinski definition) is 1. The third-order valence-electron chi connectivity index (χ3n) is 6.30. The molecular weight excluding hydrogens is 445 g/mol. The van der Waals surface area contributed by atoms with Gasteiger partial charge >= 0.3 is 0 Å². The van der Waals surface area contributed by atoms with E-state index in [0.717, 1.165) is 19.3 Å². The third-order valence-corrected chi connectivity index (χ3v) is 8.21. The second-order valence-electron chi connectivity index (χ2n) is 8.56. The largest absolute Gasteiger partial charge is 0.339 e. The lowest BCUT2D eigenvalue weighted by molar-refractivity contribution is -0.121. The number of anilines is 1. The van der Waals surface area contributed by atoms with E-state index >= 15 is 0 Å². The number of piperidine rings is 2. The van der Waals surface area contributed by atoms with Gasteiger partial charge in [-0.15, -0.1) is 0 Å². The van der Waals surface area contributed by atoms with Gasteiger partial charge in [0.1, 0.15) is 5.82 Å². The van der Waals surface area contributed by atoms with Gasteiger partial charge < -0.3 is 10.2 Å². The fourth-order valence-electron chi connectivity index (χ4n) is 4.36. The number of sulfonamides is 1. The van der Waals surface area contributed by atoms with Gasteiger partial charge in [-0.2, -0.15) is 4.31 Å². The van der Waals surface area contributed by atoms with Crippen LogP contribution in [-0.2, 0) is 14.8 Å². The second kappa shape index (κ2) is 10.0. The van der Waals surface area contributed by atoms with E-state index in [1.165, 1.54) is 34.6 Å². The summed E-state index contributed by atoms with van der Waals surface area (Å²) >= 11 is 0. The molecule has 0 aromatic heterocycles.